The van der Waals surface area contributed by atoms with Crippen LogP contribution in [0.2, 0.25) is 5.02 Å². The number of fused-ring (bicyclic) bond motifs is 1. The predicted octanol–water partition coefficient (Wildman–Crippen LogP) is 5.02. The van der Waals surface area contributed by atoms with Gasteiger partial charge in [0.1, 0.15) is 18.2 Å². The normalized spacial score (nSPS) is 10.9. The Balaban J connectivity index is 1.71. The van der Waals surface area contributed by atoms with Gasteiger partial charge in [-0.3, -0.25) is 0 Å². The second-order valence-corrected chi connectivity index (χ2v) is 6.79. The third kappa shape index (κ3) is 3.85. The molecule has 0 atom stereocenters. The van der Waals surface area contributed by atoms with E-state index in [0.29, 0.717) is 17.3 Å². The van der Waals surface area contributed by atoms with E-state index in [1.165, 1.54) is 0 Å². The molecular weight excluding hydrogens is 376 g/mol. The van der Waals surface area contributed by atoms with E-state index in [2.05, 4.69) is 4.98 Å². The molecule has 0 bridgehead atoms. The zero-order valence-electron chi connectivity index (χ0n) is 14.9. The van der Waals surface area contributed by atoms with Crippen LogP contribution in [0.5, 0.6) is 5.75 Å². The number of aromatic nitrogens is 2. The molecule has 6 heteroatoms. The van der Waals surface area contributed by atoms with E-state index in [1.807, 2.05) is 34.9 Å². The molecule has 0 aliphatic rings. The van der Waals surface area contributed by atoms with Gasteiger partial charge >= 0.3 is 5.97 Å². The van der Waals surface area contributed by atoms with Gasteiger partial charge in [-0.05, 0) is 48.0 Å². The van der Waals surface area contributed by atoms with Crippen LogP contribution < -0.4 is 4.74 Å². The van der Waals surface area contributed by atoms with Crippen LogP contribution in [0.25, 0.3) is 11.0 Å². The lowest BCUT2D eigenvalue weighted by atomic mass is 10.2. The third-order valence-corrected chi connectivity index (χ3v) is 4.69. The second-order valence-electron chi connectivity index (χ2n) is 6.35. The summed E-state index contributed by atoms with van der Waals surface area (Å²) in [5, 5.41) is 9.98. The molecule has 0 aliphatic heterocycles. The summed E-state index contributed by atoms with van der Waals surface area (Å²) in [7, 11) is 0. The highest BCUT2D eigenvalue weighted by Crippen LogP contribution is 2.22. The molecule has 0 amide bonds. The van der Waals surface area contributed by atoms with E-state index in [-0.39, 0.29) is 12.2 Å². The number of carboxylic acid groups (broad SMARTS) is 1. The highest BCUT2D eigenvalue weighted by atomic mass is 35.5. The van der Waals surface area contributed by atoms with Crippen LogP contribution in [0.4, 0.5) is 0 Å². The van der Waals surface area contributed by atoms with Crippen LogP contribution >= 0.6 is 11.6 Å². The van der Waals surface area contributed by atoms with Crippen molar-refractivity contribution in [2.75, 3.05) is 0 Å². The van der Waals surface area contributed by atoms with Crippen molar-refractivity contribution in [2.24, 2.45) is 0 Å². The van der Waals surface area contributed by atoms with Crippen LogP contribution in [0.15, 0.2) is 72.8 Å². The fourth-order valence-electron chi connectivity index (χ4n) is 3.04. The number of hydrogen-bond acceptors (Lipinski definition) is 3. The number of carboxylic acids is 1. The minimum atomic E-state index is -0.965. The minimum absolute atomic E-state index is 0.229. The maximum atomic E-state index is 11.4. The topological polar surface area (TPSA) is 64.3 Å². The minimum Gasteiger partial charge on any atom is -0.486 e. The first-order valence-corrected chi connectivity index (χ1v) is 9.13. The Morgan fingerprint density at radius 3 is 2.50 bits per heavy atom. The molecule has 3 aromatic carbocycles. The SMILES string of the molecule is O=C(O)c1ccc2nc(COc3ccc(Cl)cc3)n(Cc3ccccc3)c2c1. The molecule has 0 saturated heterocycles. The third-order valence-electron chi connectivity index (χ3n) is 4.44. The predicted molar refractivity (Wildman–Crippen MR) is 108 cm³/mol. The van der Waals surface area contributed by atoms with Crippen molar-refractivity contribution in [2.45, 2.75) is 13.2 Å². The number of aromatic carboxylic acids is 1. The van der Waals surface area contributed by atoms with Crippen LogP contribution in [-0.2, 0) is 13.2 Å². The lowest BCUT2D eigenvalue weighted by Gasteiger charge is -2.11. The number of halogens is 1. The summed E-state index contributed by atoms with van der Waals surface area (Å²) in [6, 6.07) is 22.0. The average Bonchev–Trinajstić information content (AvgIpc) is 3.05. The summed E-state index contributed by atoms with van der Waals surface area (Å²) < 4.78 is 7.87. The Kier molecular flexibility index (Phi) is 5.00. The number of nitrogens with zero attached hydrogens (tertiary/aromatic N) is 2. The Morgan fingerprint density at radius 2 is 1.79 bits per heavy atom. The van der Waals surface area contributed by atoms with Crippen molar-refractivity contribution < 1.29 is 14.6 Å². The number of imidazole rings is 1. The summed E-state index contributed by atoms with van der Waals surface area (Å²) in [5.74, 6) is 0.443. The average molecular weight is 393 g/mol. The summed E-state index contributed by atoms with van der Waals surface area (Å²) in [4.78, 5) is 16.1. The van der Waals surface area contributed by atoms with Gasteiger partial charge in [0.05, 0.1) is 16.6 Å². The van der Waals surface area contributed by atoms with Gasteiger partial charge in [0.2, 0.25) is 0 Å². The first-order chi connectivity index (χ1) is 13.6. The molecule has 0 fully saturated rings. The maximum Gasteiger partial charge on any atom is 0.335 e. The van der Waals surface area contributed by atoms with Crippen molar-refractivity contribution in [3.63, 3.8) is 0 Å². The van der Waals surface area contributed by atoms with Gasteiger partial charge < -0.3 is 14.4 Å². The Hall–Kier alpha value is -3.31. The van der Waals surface area contributed by atoms with Crippen molar-refractivity contribution in [3.8, 4) is 5.75 Å². The summed E-state index contributed by atoms with van der Waals surface area (Å²) >= 11 is 5.92. The van der Waals surface area contributed by atoms with Crippen LogP contribution in [-0.4, -0.2) is 20.6 Å². The van der Waals surface area contributed by atoms with Crippen LogP contribution in [0.3, 0.4) is 0 Å². The van der Waals surface area contributed by atoms with Crippen molar-refractivity contribution >= 4 is 28.6 Å². The number of carbonyl (C=O) groups is 1. The van der Waals surface area contributed by atoms with E-state index in [0.717, 1.165) is 22.4 Å². The molecular formula is C22H17ClN2O3. The summed E-state index contributed by atoms with van der Waals surface area (Å²) in [6.07, 6.45) is 0. The molecule has 140 valence electrons. The number of ether oxygens (including phenoxy) is 1. The van der Waals surface area contributed by atoms with E-state index in [9.17, 15) is 9.90 Å². The van der Waals surface area contributed by atoms with Gasteiger partial charge in [-0.25, -0.2) is 9.78 Å². The number of benzene rings is 3. The molecule has 0 unspecified atom stereocenters. The summed E-state index contributed by atoms with van der Waals surface area (Å²) in [6.45, 7) is 0.825. The Bertz CT molecular complexity index is 1120. The largest absolute Gasteiger partial charge is 0.486 e. The lowest BCUT2D eigenvalue weighted by Crippen LogP contribution is -2.08. The summed E-state index contributed by atoms with van der Waals surface area (Å²) in [5.41, 5.74) is 2.82. The molecule has 5 nitrogen and oxygen atoms in total. The van der Waals surface area contributed by atoms with Gasteiger partial charge in [-0.2, -0.15) is 0 Å². The molecule has 4 aromatic rings. The molecule has 0 radical (unpaired) electrons. The van der Waals surface area contributed by atoms with Gasteiger partial charge in [-0.1, -0.05) is 41.9 Å². The number of rotatable bonds is 6. The molecule has 0 aliphatic carbocycles. The second kappa shape index (κ2) is 7.74. The standard InChI is InChI=1S/C22H17ClN2O3/c23-17-7-9-18(10-8-17)28-14-21-24-19-11-6-16(22(26)27)12-20(19)25(21)13-15-4-2-1-3-5-15/h1-12H,13-14H2,(H,26,27). The highest BCUT2D eigenvalue weighted by Gasteiger charge is 2.14. The Morgan fingerprint density at radius 1 is 1.04 bits per heavy atom. The van der Waals surface area contributed by atoms with Gasteiger partial charge in [0, 0.05) is 11.6 Å². The quantitative estimate of drug-likeness (QED) is 0.500. The van der Waals surface area contributed by atoms with Crippen LogP contribution in [0, 0.1) is 0 Å². The highest BCUT2D eigenvalue weighted by molar-refractivity contribution is 6.30. The van der Waals surface area contributed by atoms with E-state index in [1.54, 1.807) is 42.5 Å². The first kappa shape index (κ1) is 18.1. The first-order valence-electron chi connectivity index (χ1n) is 8.75. The van der Waals surface area contributed by atoms with Gasteiger partial charge in [0.15, 0.2) is 0 Å². The van der Waals surface area contributed by atoms with Crippen molar-refractivity contribution in [1.82, 2.24) is 9.55 Å². The molecule has 4 rings (SSSR count). The maximum absolute atomic E-state index is 11.4. The van der Waals surface area contributed by atoms with E-state index < -0.39 is 5.97 Å². The zero-order valence-corrected chi connectivity index (χ0v) is 15.6. The molecule has 0 saturated carbocycles. The Labute approximate surface area is 166 Å². The number of hydrogen-bond donors (Lipinski definition) is 1. The molecule has 0 spiro atoms. The van der Waals surface area contributed by atoms with Crippen molar-refractivity contribution in [1.29, 1.82) is 0 Å². The lowest BCUT2D eigenvalue weighted by molar-refractivity contribution is 0.0697. The fourth-order valence-corrected chi connectivity index (χ4v) is 3.16. The van der Waals surface area contributed by atoms with E-state index >= 15 is 0 Å². The smallest absolute Gasteiger partial charge is 0.335 e. The molecule has 1 heterocycles. The monoisotopic (exact) mass is 392 g/mol. The van der Waals surface area contributed by atoms with Gasteiger partial charge in [0.25, 0.3) is 0 Å². The molecule has 1 N–H and O–H groups in total. The van der Waals surface area contributed by atoms with Crippen molar-refractivity contribution in [3.05, 3.63) is 94.8 Å². The zero-order chi connectivity index (χ0) is 19.5. The molecule has 1 aromatic heterocycles. The van der Waals surface area contributed by atoms with Crippen LogP contribution in [0.1, 0.15) is 21.7 Å². The van der Waals surface area contributed by atoms with Gasteiger partial charge in [-0.15, -0.1) is 0 Å². The fraction of sp³-hybridized carbons (Fsp3) is 0.0909. The van der Waals surface area contributed by atoms with E-state index in [4.69, 9.17) is 16.3 Å². The molecule has 28 heavy (non-hydrogen) atoms.